The number of aromatic nitrogens is 2. The van der Waals surface area contributed by atoms with Crippen LogP contribution in [0.2, 0.25) is 0 Å². The lowest BCUT2D eigenvalue weighted by atomic mass is 10.4. The number of hydrogen-bond acceptors (Lipinski definition) is 5. The predicted octanol–water partition coefficient (Wildman–Crippen LogP) is -1.02. The number of ether oxygens (including phenoxy) is 1. The van der Waals surface area contributed by atoms with E-state index >= 15 is 0 Å². The Balaban J connectivity index is 2.02. The van der Waals surface area contributed by atoms with Crippen molar-refractivity contribution < 1.29 is 14.3 Å². The zero-order chi connectivity index (χ0) is 14.9. The topological polar surface area (TPSA) is 99.4 Å². The summed E-state index contributed by atoms with van der Waals surface area (Å²) in [6.45, 7) is -0.432. The van der Waals surface area contributed by atoms with Gasteiger partial charge in [-0.05, 0) is 12.8 Å². The van der Waals surface area contributed by atoms with Crippen LogP contribution < -0.4 is 16.6 Å². The summed E-state index contributed by atoms with van der Waals surface area (Å²) in [5.41, 5.74) is -1.08. The van der Waals surface area contributed by atoms with Crippen LogP contribution in [-0.2, 0) is 28.4 Å². The molecule has 1 fully saturated rings. The number of nitrogens with zero attached hydrogens (tertiary/aromatic N) is 2. The summed E-state index contributed by atoms with van der Waals surface area (Å²) in [5.74, 6) is -1.01. The van der Waals surface area contributed by atoms with Crippen molar-refractivity contribution in [2.24, 2.45) is 20.0 Å². The highest BCUT2D eigenvalue weighted by atomic mass is 16.5. The molecule has 1 aliphatic carbocycles. The minimum atomic E-state index is -0.595. The number of nitrogens with one attached hydrogen (secondary N) is 1. The Hall–Kier alpha value is -2.38. The van der Waals surface area contributed by atoms with E-state index in [9.17, 15) is 19.2 Å². The zero-order valence-electron chi connectivity index (χ0n) is 11.2. The van der Waals surface area contributed by atoms with Gasteiger partial charge in [0.05, 0.1) is 5.92 Å². The highest BCUT2D eigenvalue weighted by Crippen LogP contribution is 2.29. The summed E-state index contributed by atoms with van der Waals surface area (Å²) in [5, 5.41) is 2.37. The van der Waals surface area contributed by atoms with Gasteiger partial charge in [0.25, 0.3) is 11.5 Å². The maximum absolute atomic E-state index is 11.6. The smallest absolute Gasteiger partial charge is 0.332 e. The number of esters is 1. The first kappa shape index (κ1) is 14.0. The van der Waals surface area contributed by atoms with Crippen molar-refractivity contribution in [1.82, 2.24) is 9.13 Å². The van der Waals surface area contributed by atoms with Crippen LogP contribution in [0.4, 0.5) is 5.82 Å². The van der Waals surface area contributed by atoms with E-state index in [0.717, 1.165) is 28.0 Å². The second kappa shape index (κ2) is 5.32. The largest absolute Gasteiger partial charge is 0.455 e. The Morgan fingerprint density at radius 1 is 1.30 bits per heavy atom. The van der Waals surface area contributed by atoms with Gasteiger partial charge in [0.15, 0.2) is 6.61 Å². The van der Waals surface area contributed by atoms with Crippen molar-refractivity contribution in [2.45, 2.75) is 12.8 Å². The maximum Gasteiger partial charge on any atom is 0.332 e. The summed E-state index contributed by atoms with van der Waals surface area (Å²) < 4.78 is 6.85. The predicted molar refractivity (Wildman–Crippen MR) is 69.2 cm³/mol. The summed E-state index contributed by atoms with van der Waals surface area (Å²) >= 11 is 0. The second-order valence-electron chi connectivity index (χ2n) is 4.70. The van der Waals surface area contributed by atoms with Crippen molar-refractivity contribution in [3.8, 4) is 0 Å². The molecule has 2 rings (SSSR count). The van der Waals surface area contributed by atoms with Gasteiger partial charge in [-0.25, -0.2) is 4.79 Å². The molecular formula is C12H15N3O5. The molecule has 0 aliphatic heterocycles. The van der Waals surface area contributed by atoms with Crippen molar-refractivity contribution in [3.63, 3.8) is 0 Å². The molecule has 0 saturated heterocycles. The average molecular weight is 281 g/mol. The van der Waals surface area contributed by atoms with Crippen LogP contribution in [0.3, 0.4) is 0 Å². The van der Waals surface area contributed by atoms with Crippen molar-refractivity contribution in [3.05, 3.63) is 26.9 Å². The fourth-order valence-electron chi connectivity index (χ4n) is 1.61. The van der Waals surface area contributed by atoms with Crippen LogP contribution >= 0.6 is 0 Å². The van der Waals surface area contributed by atoms with Gasteiger partial charge >= 0.3 is 11.7 Å². The minimum absolute atomic E-state index is 0.0607. The van der Waals surface area contributed by atoms with E-state index < -0.39 is 29.7 Å². The van der Waals surface area contributed by atoms with E-state index in [1.54, 1.807) is 0 Å². The molecule has 1 amide bonds. The first-order valence-corrected chi connectivity index (χ1v) is 6.13. The molecule has 1 aliphatic rings. The molecule has 0 bridgehead atoms. The summed E-state index contributed by atoms with van der Waals surface area (Å²) in [6, 6.07) is 1.13. The fraction of sp³-hybridized carbons (Fsp3) is 0.500. The zero-order valence-corrected chi connectivity index (χ0v) is 11.2. The summed E-state index contributed by atoms with van der Waals surface area (Å²) in [7, 11) is 2.77. The Morgan fingerprint density at radius 2 is 1.95 bits per heavy atom. The van der Waals surface area contributed by atoms with Gasteiger partial charge in [0, 0.05) is 20.2 Å². The first-order valence-electron chi connectivity index (χ1n) is 6.13. The first-order chi connectivity index (χ1) is 9.40. The molecule has 1 heterocycles. The van der Waals surface area contributed by atoms with E-state index in [4.69, 9.17) is 4.74 Å². The molecule has 0 unspecified atom stereocenters. The van der Waals surface area contributed by atoms with Crippen LogP contribution in [0.5, 0.6) is 0 Å². The molecule has 20 heavy (non-hydrogen) atoms. The minimum Gasteiger partial charge on any atom is -0.455 e. The average Bonchev–Trinajstić information content (AvgIpc) is 3.24. The van der Waals surface area contributed by atoms with Gasteiger partial charge in [0.2, 0.25) is 0 Å². The fourth-order valence-corrected chi connectivity index (χ4v) is 1.61. The van der Waals surface area contributed by atoms with Gasteiger partial charge in [-0.2, -0.15) is 0 Å². The number of amides is 1. The van der Waals surface area contributed by atoms with E-state index in [1.807, 2.05) is 0 Å². The van der Waals surface area contributed by atoms with Crippen molar-refractivity contribution in [2.75, 3.05) is 11.9 Å². The lowest BCUT2D eigenvalue weighted by Crippen LogP contribution is -2.38. The molecule has 0 radical (unpaired) electrons. The molecule has 108 valence electrons. The van der Waals surface area contributed by atoms with Crippen LogP contribution in [0.25, 0.3) is 0 Å². The monoisotopic (exact) mass is 281 g/mol. The summed E-state index contributed by atoms with van der Waals surface area (Å²) in [4.78, 5) is 46.0. The van der Waals surface area contributed by atoms with Crippen LogP contribution in [0, 0.1) is 5.92 Å². The standard InChI is InChI=1S/C12H15N3O5/c1-14-8(5-10(17)15(2)12(14)19)13-9(16)6-20-11(18)7-3-4-7/h5,7H,3-4,6H2,1-2H3,(H,13,16). The van der Waals surface area contributed by atoms with E-state index in [-0.39, 0.29) is 11.7 Å². The molecular weight excluding hydrogens is 266 g/mol. The normalized spacial score (nSPS) is 13.9. The molecule has 1 N–H and O–H groups in total. The third kappa shape index (κ3) is 2.95. The third-order valence-electron chi connectivity index (χ3n) is 3.05. The van der Waals surface area contributed by atoms with E-state index in [1.165, 1.54) is 14.1 Å². The van der Waals surface area contributed by atoms with Gasteiger partial charge in [0.1, 0.15) is 5.82 Å². The lowest BCUT2D eigenvalue weighted by molar-refractivity contribution is -0.148. The quantitative estimate of drug-likeness (QED) is 0.712. The highest BCUT2D eigenvalue weighted by molar-refractivity contribution is 5.92. The number of carbonyl (C=O) groups is 2. The third-order valence-corrected chi connectivity index (χ3v) is 3.05. The molecule has 1 aromatic heterocycles. The van der Waals surface area contributed by atoms with E-state index in [0.29, 0.717) is 0 Å². The molecule has 1 saturated carbocycles. The van der Waals surface area contributed by atoms with Crippen LogP contribution in [0.1, 0.15) is 12.8 Å². The van der Waals surface area contributed by atoms with Crippen molar-refractivity contribution >= 4 is 17.7 Å². The Labute approximate surface area is 114 Å². The van der Waals surface area contributed by atoms with Gasteiger partial charge < -0.3 is 10.1 Å². The van der Waals surface area contributed by atoms with Gasteiger partial charge in [-0.3, -0.25) is 23.5 Å². The molecule has 0 spiro atoms. The molecule has 8 heteroatoms. The van der Waals surface area contributed by atoms with Crippen LogP contribution in [0.15, 0.2) is 15.7 Å². The number of rotatable bonds is 4. The SMILES string of the molecule is Cn1c(NC(=O)COC(=O)C2CC2)cc(=O)n(C)c1=O. The van der Waals surface area contributed by atoms with Gasteiger partial charge in [-0.1, -0.05) is 0 Å². The molecule has 1 aromatic rings. The molecule has 8 nitrogen and oxygen atoms in total. The molecule has 0 atom stereocenters. The lowest BCUT2D eigenvalue weighted by Gasteiger charge is -2.10. The Morgan fingerprint density at radius 3 is 2.55 bits per heavy atom. The van der Waals surface area contributed by atoms with Crippen molar-refractivity contribution in [1.29, 1.82) is 0 Å². The number of hydrogen-bond donors (Lipinski definition) is 1. The number of carbonyl (C=O) groups excluding carboxylic acids is 2. The highest BCUT2D eigenvalue weighted by Gasteiger charge is 2.31. The Kier molecular flexibility index (Phi) is 3.73. The number of anilines is 1. The van der Waals surface area contributed by atoms with Crippen LogP contribution in [-0.4, -0.2) is 27.6 Å². The van der Waals surface area contributed by atoms with E-state index in [2.05, 4.69) is 5.32 Å². The second-order valence-corrected chi connectivity index (χ2v) is 4.70. The summed E-state index contributed by atoms with van der Waals surface area (Å²) in [6.07, 6.45) is 1.59. The Bertz CT molecular complexity index is 669. The maximum atomic E-state index is 11.6. The molecule has 0 aromatic carbocycles. The van der Waals surface area contributed by atoms with Gasteiger partial charge in [-0.15, -0.1) is 0 Å².